The summed E-state index contributed by atoms with van der Waals surface area (Å²) in [5, 5.41) is 8.09. The number of anilines is 1. The fourth-order valence-electron chi connectivity index (χ4n) is 2.45. The first-order valence-electron chi connectivity index (χ1n) is 6.01. The lowest BCUT2D eigenvalue weighted by atomic mass is 10.1. The molecule has 0 aromatic carbocycles. The summed E-state index contributed by atoms with van der Waals surface area (Å²) < 4.78 is 1.90. The van der Waals surface area contributed by atoms with E-state index in [1.165, 1.54) is 31.4 Å². The van der Waals surface area contributed by atoms with E-state index in [2.05, 4.69) is 23.5 Å². The molecule has 3 rings (SSSR count). The van der Waals surface area contributed by atoms with Crippen molar-refractivity contribution in [1.29, 1.82) is 0 Å². The molecule has 0 aliphatic heterocycles. The summed E-state index contributed by atoms with van der Waals surface area (Å²) in [5.74, 6) is 1.88. The fraction of sp³-hybridized carbons (Fsp3) is 0.750. The maximum Gasteiger partial charge on any atom is 0.0825 e. The number of aryl methyl sites for hydroxylation is 2. The van der Waals surface area contributed by atoms with Crippen LogP contribution in [0, 0.1) is 18.8 Å². The first-order valence-corrected chi connectivity index (χ1v) is 6.01. The van der Waals surface area contributed by atoms with Gasteiger partial charge in [-0.1, -0.05) is 0 Å². The average molecular weight is 205 g/mol. The number of hydrogen-bond donors (Lipinski definition) is 1. The zero-order valence-electron chi connectivity index (χ0n) is 9.53. The zero-order chi connectivity index (χ0) is 10.4. The molecule has 2 aliphatic rings. The largest absolute Gasteiger partial charge is 0.379 e. The lowest BCUT2D eigenvalue weighted by molar-refractivity contribution is 0.567. The Morgan fingerprint density at radius 1 is 1.33 bits per heavy atom. The second-order valence-corrected chi connectivity index (χ2v) is 5.15. The molecule has 0 atom stereocenters. The summed E-state index contributed by atoms with van der Waals surface area (Å²) in [5.41, 5.74) is 2.37. The highest BCUT2D eigenvalue weighted by Crippen LogP contribution is 2.45. The summed E-state index contributed by atoms with van der Waals surface area (Å²) in [7, 11) is 1.99. The van der Waals surface area contributed by atoms with Gasteiger partial charge in [0.2, 0.25) is 0 Å². The molecule has 1 aromatic heterocycles. The van der Waals surface area contributed by atoms with E-state index in [0.717, 1.165) is 23.6 Å². The maximum absolute atomic E-state index is 4.38. The molecule has 0 radical (unpaired) electrons. The highest BCUT2D eigenvalue weighted by Gasteiger charge is 2.41. The van der Waals surface area contributed by atoms with Gasteiger partial charge in [-0.3, -0.25) is 4.68 Å². The Balaban J connectivity index is 1.74. The molecule has 82 valence electrons. The normalized spacial score (nSPS) is 21.0. The Kier molecular flexibility index (Phi) is 2.01. The molecule has 3 heteroatoms. The topological polar surface area (TPSA) is 29.9 Å². The van der Waals surface area contributed by atoms with E-state index in [1.54, 1.807) is 0 Å². The van der Waals surface area contributed by atoms with Crippen LogP contribution in [0.2, 0.25) is 0 Å². The minimum absolute atomic E-state index is 0.730. The quantitative estimate of drug-likeness (QED) is 0.817. The number of rotatable bonds is 4. The van der Waals surface area contributed by atoms with Gasteiger partial charge in [0.05, 0.1) is 11.4 Å². The Hall–Kier alpha value is -0.990. The SMILES string of the molecule is Cc1nn(C)cc1NC(C1CC1)C1CC1. The molecule has 2 fully saturated rings. The monoisotopic (exact) mass is 205 g/mol. The molecular weight excluding hydrogens is 186 g/mol. The fourth-order valence-corrected chi connectivity index (χ4v) is 2.45. The summed E-state index contributed by atoms with van der Waals surface area (Å²) in [6.45, 7) is 2.08. The van der Waals surface area contributed by atoms with Crippen molar-refractivity contribution < 1.29 is 0 Å². The van der Waals surface area contributed by atoms with Crippen LogP contribution >= 0.6 is 0 Å². The number of hydrogen-bond acceptors (Lipinski definition) is 2. The van der Waals surface area contributed by atoms with Crippen LogP contribution in [0.15, 0.2) is 6.20 Å². The van der Waals surface area contributed by atoms with E-state index in [4.69, 9.17) is 0 Å². The van der Waals surface area contributed by atoms with Crippen LogP contribution in [0.3, 0.4) is 0 Å². The van der Waals surface area contributed by atoms with Crippen LogP contribution in [-0.4, -0.2) is 15.8 Å². The standard InChI is InChI=1S/C12H19N3/c1-8-11(7-15(2)14-8)13-12(9-3-4-9)10-5-6-10/h7,9-10,12-13H,3-6H2,1-2H3. The van der Waals surface area contributed by atoms with Crippen LogP contribution in [0.4, 0.5) is 5.69 Å². The van der Waals surface area contributed by atoms with Gasteiger partial charge >= 0.3 is 0 Å². The van der Waals surface area contributed by atoms with Crippen molar-refractivity contribution in [2.75, 3.05) is 5.32 Å². The van der Waals surface area contributed by atoms with Crippen LogP contribution in [0.1, 0.15) is 31.4 Å². The van der Waals surface area contributed by atoms with Crippen molar-refractivity contribution in [3.63, 3.8) is 0 Å². The average Bonchev–Trinajstić information content (AvgIpc) is 3.05. The van der Waals surface area contributed by atoms with Crippen LogP contribution in [0.25, 0.3) is 0 Å². The van der Waals surface area contributed by atoms with Gasteiger partial charge < -0.3 is 5.32 Å². The molecule has 15 heavy (non-hydrogen) atoms. The third kappa shape index (κ3) is 1.87. The lowest BCUT2D eigenvalue weighted by Crippen LogP contribution is -2.24. The molecule has 1 heterocycles. The summed E-state index contributed by atoms with van der Waals surface area (Å²) >= 11 is 0. The van der Waals surface area contributed by atoms with E-state index in [9.17, 15) is 0 Å². The van der Waals surface area contributed by atoms with Crippen molar-refractivity contribution >= 4 is 5.69 Å². The number of aromatic nitrogens is 2. The highest BCUT2D eigenvalue weighted by atomic mass is 15.3. The summed E-state index contributed by atoms with van der Waals surface area (Å²) in [6, 6.07) is 0.730. The van der Waals surface area contributed by atoms with Crippen molar-refractivity contribution in [3.05, 3.63) is 11.9 Å². The lowest BCUT2D eigenvalue weighted by Gasteiger charge is -2.18. The van der Waals surface area contributed by atoms with Crippen molar-refractivity contribution in [3.8, 4) is 0 Å². The molecule has 0 bridgehead atoms. The second-order valence-electron chi connectivity index (χ2n) is 5.15. The van der Waals surface area contributed by atoms with Crippen molar-refractivity contribution in [2.24, 2.45) is 18.9 Å². The minimum atomic E-state index is 0.730. The molecule has 0 unspecified atom stereocenters. The molecule has 0 amide bonds. The van der Waals surface area contributed by atoms with Gasteiger partial charge in [-0.05, 0) is 44.4 Å². The molecule has 2 saturated carbocycles. The Labute approximate surface area is 90.9 Å². The van der Waals surface area contributed by atoms with Gasteiger partial charge in [-0.15, -0.1) is 0 Å². The Bertz CT molecular complexity index is 349. The van der Waals surface area contributed by atoms with Crippen LogP contribution < -0.4 is 5.32 Å². The molecule has 3 nitrogen and oxygen atoms in total. The van der Waals surface area contributed by atoms with Gasteiger partial charge in [-0.2, -0.15) is 5.10 Å². The van der Waals surface area contributed by atoms with Gasteiger partial charge in [0.25, 0.3) is 0 Å². The molecule has 0 saturated heterocycles. The van der Waals surface area contributed by atoms with Crippen LogP contribution in [0.5, 0.6) is 0 Å². The molecule has 2 aliphatic carbocycles. The molecular formula is C12H19N3. The van der Waals surface area contributed by atoms with Crippen molar-refractivity contribution in [2.45, 2.75) is 38.6 Å². The third-order valence-electron chi connectivity index (χ3n) is 3.60. The highest BCUT2D eigenvalue weighted by molar-refractivity contribution is 5.47. The maximum atomic E-state index is 4.38. The minimum Gasteiger partial charge on any atom is -0.379 e. The predicted molar refractivity (Wildman–Crippen MR) is 60.8 cm³/mol. The Morgan fingerprint density at radius 2 is 1.93 bits per heavy atom. The van der Waals surface area contributed by atoms with Gasteiger partial charge in [0.1, 0.15) is 0 Å². The summed E-state index contributed by atoms with van der Waals surface area (Å²) in [6.07, 6.45) is 7.80. The van der Waals surface area contributed by atoms with E-state index in [0.29, 0.717) is 0 Å². The number of nitrogens with one attached hydrogen (secondary N) is 1. The smallest absolute Gasteiger partial charge is 0.0825 e. The predicted octanol–water partition coefficient (Wildman–Crippen LogP) is 2.33. The van der Waals surface area contributed by atoms with E-state index in [1.807, 2.05) is 11.7 Å². The van der Waals surface area contributed by atoms with Crippen molar-refractivity contribution in [1.82, 2.24) is 9.78 Å². The van der Waals surface area contributed by atoms with E-state index in [-0.39, 0.29) is 0 Å². The first-order chi connectivity index (χ1) is 7.24. The Morgan fingerprint density at radius 3 is 2.33 bits per heavy atom. The third-order valence-corrected chi connectivity index (χ3v) is 3.60. The van der Waals surface area contributed by atoms with E-state index < -0.39 is 0 Å². The molecule has 1 aromatic rings. The number of nitrogens with zero attached hydrogens (tertiary/aromatic N) is 2. The molecule has 1 N–H and O–H groups in total. The first kappa shape index (κ1) is 9.25. The van der Waals surface area contributed by atoms with Gasteiger partial charge in [-0.25, -0.2) is 0 Å². The van der Waals surface area contributed by atoms with Crippen LogP contribution in [-0.2, 0) is 7.05 Å². The zero-order valence-corrected chi connectivity index (χ0v) is 9.53. The van der Waals surface area contributed by atoms with Gasteiger partial charge in [0, 0.05) is 19.3 Å². The second kappa shape index (κ2) is 3.26. The molecule has 0 spiro atoms. The van der Waals surface area contributed by atoms with Gasteiger partial charge in [0.15, 0.2) is 0 Å². The summed E-state index contributed by atoms with van der Waals surface area (Å²) in [4.78, 5) is 0. The van der Waals surface area contributed by atoms with E-state index >= 15 is 0 Å².